The van der Waals surface area contributed by atoms with Crippen molar-refractivity contribution in [2.24, 2.45) is 0 Å². The molecule has 0 fully saturated rings. The summed E-state index contributed by atoms with van der Waals surface area (Å²) in [5.74, 6) is 1.07. The highest BCUT2D eigenvalue weighted by Crippen LogP contribution is 2.25. The molecule has 2 rings (SSSR count). The summed E-state index contributed by atoms with van der Waals surface area (Å²) >= 11 is 0. The summed E-state index contributed by atoms with van der Waals surface area (Å²) in [4.78, 5) is 11.3. The predicted molar refractivity (Wildman–Crippen MR) is 84.2 cm³/mol. The number of nitrogens with zero attached hydrogens (tertiary/aromatic N) is 3. The molecule has 1 N–H and O–H groups in total. The Hall–Kier alpha value is -1.16. The van der Waals surface area contributed by atoms with E-state index in [-0.39, 0.29) is 0 Å². The Morgan fingerprint density at radius 3 is 2.80 bits per heavy atom. The van der Waals surface area contributed by atoms with E-state index in [1.807, 2.05) is 0 Å². The van der Waals surface area contributed by atoms with Gasteiger partial charge >= 0.3 is 0 Å². The van der Waals surface area contributed by atoms with Gasteiger partial charge in [-0.2, -0.15) is 0 Å². The van der Waals surface area contributed by atoms with E-state index in [2.05, 4.69) is 41.0 Å². The molecule has 0 radical (unpaired) electrons. The summed E-state index contributed by atoms with van der Waals surface area (Å²) in [7, 11) is 0. The zero-order valence-corrected chi connectivity index (χ0v) is 13.2. The number of aryl methyl sites for hydroxylation is 1. The van der Waals surface area contributed by atoms with Crippen molar-refractivity contribution in [1.29, 1.82) is 0 Å². The molecule has 20 heavy (non-hydrogen) atoms. The Morgan fingerprint density at radius 2 is 2.05 bits per heavy atom. The molecule has 1 aromatic heterocycles. The SMILES string of the molecule is CCN(CC)CCCC(C)Nc1ncnc2c1CCC2. The third-order valence-electron chi connectivity index (χ3n) is 4.26. The fourth-order valence-corrected chi connectivity index (χ4v) is 2.95. The predicted octanol–water partition coefficient (Wildman–Crippen LogP) is 2.89. The molecule has 0 aromatic carbocycles. The first-order valence-electron chi connectivity index (χ1n) is 8.06. The van der Waals surface area contributed by atoms with Crippen LogP contribution in [-0.4, -0.2) is 40.5 Å². The van der Waals surface area contributed by atoms with Gasteiger partial charge in [-0.25, -0.2) is 9.97 Å². The molecule has 1 aromatic rings. The van der Waals surface area contributed by atoms with Crippen molar-refractivity contribution in [1.82, 2.24) is 14.9 Å². The van der Waals surface area contributed by atoms with Crippen molar-refractivity contribution in [2.75, 3.05) is 25.0 Å². The van der Waals surface area contributed by atoms with E-state index in [9.17, 15) is 0 Å². The summed E-state index contributed by atoms with van der Waals surface area (Å²) < 4.78 is 0. The van der Waals surface area contributed by atoms with Crippen molar-refractivity contribution in [2.45, 2.75) is 58.9 Å². The smallest absolute Gasteiger partial charge is 0.133 e. The van der Waals surface area contributed by atoms with E-state index >= 15 is 0 Å². The van der Waals surface area contributed by atoms with Crippen LogP contribution in [0.15, 0.2) is 6.33 Å². The quantitative estimate of drug-likeness (QED) is 0.792. The minimum atomic E-state index is 0.477. The Bertz CT molecular complexity index is 415. The molecule has 1 heterocycles. The lowest BCUT2D eigenvalue weighted by Gasteiger charge is -2.20. The highest BCUT2D eigenvalue weighted by Gasteiger charge is 2.17. The van der Waals surface area contributed by atoms with E-state index in [0.29, 0.717) is 6.04 Å². The normalized spacial score (nSPS) is 15.4. The summed E-state index contributed by atoms with van der Waals surface area (Å²) in [5, 5.41) is 3.58. The van der Waals surface area contributed by atoms with Crippen molar-refractivity contribution in [3.05, 3.63) is 17.6 Å². The van der Waals surface area contributed by atoms with Gasteiger partial charge in [0.25, 0.3) is 0 Å². The van der Waals surface area contributed by atoms with Gasteiger partial charge in [-0.15, -0.1) is 0 Å². The Morgan fingerprint density at radius 1 is 1.25 bits per heavy atom. The molecule has 1 aliphatic rings. The lowest BCUT2D eigenvalue weighted by atomic mass is 10.1. The van der Waals surface area contributed by atoms with Crippen molar-refractivity contribution in [3.63, 3.8) is 0 Å². The maximum Gasteiger partial charge on any atom is 0.133 e. The van der Waals surface area contributed by atoms with Gasteiger partial charge in [0.2, 0.25) is 0 Å². The molecule has 0 saturated carbocycles. The van der Waals surface area contributed by atoms with Crippen LogP contribution in [0.25, 0.3) is 0 Å². The largest absolute Gasteiger partial charge is 0.367 e. The molecule has 0 spiro atoms. The number of fused-ring (bicyclic) bond motifs is 1. The van der Waals surface area contributed by atoms with Gasteiger partial charge in [0.15, 0.2) is 0 Å². The Labute approximate surface area is 123 Å². The number of hydrogen-bond donors (Lipinski definition) is 1. The first kappa shape index (κ1) is 15.2. The van der Waals surface area contributed by atoms with Crippen LogP contribution in [0, 0.1) is 0 Å². The van der Waals surface area contributed by atoms with Crippen LogP contribution in [0.3, 0.4) is 0 Å². The molecule has 0 saturated heterocycles. The van der Waals surface area contributed by atoms with Gasteiger partial charge in [0, 0.05) is 17.3 Å². The number of hydrogen-bond acceptors (Lipinski definition) is 4. The maximum atomic E-state index is 4.43. The summed E-state index contributed by atoms with van der Waals surface area (Å²) in [6.45, 7) is 10.2. The summed E-state index contributed by atoms with van der Waals surface area (Å²) in [6.07, 6.45) is 7.60. The van der Waals surface area contributed by atoms with Crippen LogP contribution in [0.4, 0.5) is 5.82 Å². The molecule has 0 amide bonds. The molecule has 4 heteroatoms. The van der Waals surface area contributed by atoms with Crippen molar-refractivity contribution < 1.29 is 0 Å². The fraction of sp³-hybridized carbons (Fsp3) is 0.750. The topological polar surface area (TPSA) is 41.0 Å². The fourth-order valence-electron chi connectivity index (χ4n) is 2.95. The molecule has 112 valence electrons. The van der Waals surface area contributed by atoms with Crippen LogP contribution in [-0.2, 0) is 12.8 Å². The number of anilines is 1. The number of rotatable bonds is 8. The third-order valence-corrected chi connectivity index (χ3v) is 4.26. The Kier molecular flexibility index (Phi) is 5.77. The third kappa shape index (κ3) is 3.92. The minimum absolute atomic E-state index is 0.477. The molecular weight excluding hydrogens is 248 g/mol. The van der Waals surface area contributed by atoms with E-state index in [4.69, 9.17) is 0 Å². The maximum absolute atomic E-state index is 4.43. The number of aromatic nitrogens is 2. The van der Waals surface area contributed by atoms with Crippen molar-refractivity contribution in [3.8, 4) is 0 Å². The van der Waals surface area contributed by atoms with Crippen LogP contribution in [0.2, 0.25) is 0 Å². The van der Waals surface area contributed by atoms with Crippen LogP contribution in [0.1, 0.15) is 51.3 Å². The van der Waals surface area contributed by atoms with Crippen LogP contribution in [0.5, 0.6) is 0 Å². The number of nitrogens with one attached hydrogen (secondary N) is 1. The van der Waals surface area contributed by atoms with Gasteiger partial charge in [-0.3, -0.25) is 0 Å². The summed E-state index contributed by atoms with van der Waals surface area (Å²) in [6, 6.07) is 0.477. The average Bonchev–Trinajstić information content (AvgIpc) is 2.93. The second-order valence-corrected chi connectivity index (χ2v) is 5.72. The van der Waals surface area contributed by atoms with Gasteiger partial charge < -0.3 is 10.2 Å². The van der Waals surface area contributed by atoms with Crippen LogP contribution >= 0.6 is 0 Å². The molecule has 1 aliphatic carbocycles. The van der Waals surface area contributed by atoms with E-state index in [1.54, 1.807) is 6.33 Å². The first-order valence-corrected chi connectivity index (χ1v) is 8.06. The zero-order valence-electron chi connectivity index (χ0n) is 13.2. The lowest BCUT2D eigenvalue weighted by molar-refractivity contribution is 0.295. The van der Waals surface area contributed by atoms with Gasteiger partial charge in [-0.1, -0.05) is 13.8 Å². The van der Waals surface area contributed by atoms with Gasteiger partial charge in [0.05, 0.1) is 0 Å². The summed E-state index contributed by atoms with van der Waals surface area (Å²) in [5.41, 5.74) is 2.60. The van der Waals surface area contributed by atoms with Crippen molar-refractivity contribution >= 4 is 5.82 Å². The highest BCUT2D eigenvalue weighted by atomic mass is 15.1. The molecule has 1 atom stereocenters. The van der Waals surface area contributed by atoms with Gasteiger partial charge in [0.1, 0.15) is 12.1 Å². The van der Waals surface area contributed by atoms with E-state index < -0.39 is 0 Å². The molecular formula is C16H28N4. The van der Waals surface area contributed by atoms with E-state index in [0.717, 1.165) is 31.7 Å². The zero-order chi connectivity index (χ0) is 14.4. The Balaban J connectivity index is 1.80. The monoisotopic (exact) mass is 276 g/mol. The second-order valence-electron chi connectivity index (χ2n) is 5.72. The highest BCUT2D eigenvalue weighted by molar-refractivity contribution is 5.48. The van der Waals surface area contributed by atoms with E-state index in [1.165, 1.54) is 37.1 Å². The average molecular weight is 276 g/mol. The minimum Gasteiger partial charge on any atom is -0.367 e. The molecule has 0 bridgehead atoms. The second kappa shape index (κ2) is 7.58. The van der Waals surface area contributed by atoms with Crippen LogP contribution < -0.4 is 5.32 Å². The lowest BCUT2D eigenvalue weighted by Crippen LogP contribution is -2.26. The first-order chi connectivity index (χ1) is 9.74. The molecule has 0 aliphatic heterocycles. The molecule has 4 nitrogen and oxygen atoms in total. The standard InChI is InChI=1S/C16H28N4/c1-4-20(5-2)11-7-8-13(3)19-16-14-9-6-10-15(14)17-12-18-16/h12-13H,4-11H2,1-3H3,(H,17,18,19). The molecule has 1 unspecified atom stereocenters. The van der Waals surface area contributed by atoms with Gasteiger partial charge in [-0.05, 0) is 58.7 Å².